The van der Waals surface area contributed by atoms with E-state index in [1.54, 1.807) is 0 Å². The maximum atomic E-state index is 5.93. The molecule has 94 valence electrons. The van der Waals surface area contributed by atoms with E-state index >= 15 is 0 Å². The Hall–Kier alpha value is -0.530. The largest absolute Gasteiger partial charge is 0.307 e. The molecule has 0 aromatic heterocycles. The summed E-state index contributed by atoms with van der Waals surface area (Å²) in [4.78, 5) is 0. The van der Waals surface area contributed by atoms with Crippen molar-refractivity contribution in [3.63, 3.8) is 0 Å². The van der Waals surface area contributed by atoms with Crippen molar-refractivity contribution in [2.24, 2.45) is 5.92 Å². The van der Waals surface area contributed by atoms with Gasteiger partial charge >= 0.3 is 0 Å². The Kier molecular flexibility index (Phi) is 4.47. The highest BCUT2D eigenvalue weighted by Gasteiger charge is 2.23. The second kappa shape index (κ2) is 5.88. The molecule has 2 rings (SSSR count). The first-order chi connectivity index (χ1) is 8.19. The smallest absolute Gasteiger partial charge is 0.0406 e. The number of benzene rings is 1. The molecule has 1 saturated carbocycles. The van der Waals surface area contributed by atoms with Crippen molar-refractivity contribution in [1.29, 1.82) is 0 Å². The highest BCUT2D eigenvalue weighted by Crippen LogP contribution is 2.28. The highest BCUT2D eigenvalue weighted by atomic mass is 35.5. The molecule has 1 aliphatic rings. The van der Waals surface area contributed by atoms with E-state index in [1.165, 1.54) is 24.8 Å². The van der Waals surface area contributed by atoms with E-state index in [0.717, 1.165) is 17.4 Å². The fraction of sp³-hybridized carbons (Fsp3) is 0.600. The molecule has 1 fully saturated rings. The maximum Gasteiger partial charge on any atom is 0.0406 e. The second-order valence-electron chi connectivity index (χ2n) is 5.29. The monoisotopic (exact) mass is 251 g/mol. The van der Waals surface area contributed by atoms with E-state index in [0.29, 0.717) is 12.1 Å². The lowest BCUT2D eigenvalue weighted by Gasteiger charge is -2.22. The lowest BCUT2D eigenvalue weighted by Crippen LogP contribution is -2.30. The minimum absolute atomic E-state index is 0.475. The molecule has 0 amide bonds. The summed E-state index contributed by atoms with van der Waals surface area (Å²) < 4.78 is 0. The standard InChI is InChI=1S/C15H22ClN/c1-3-15(12-5-7-13(16)8-6-12)17-14-9-4-11(2)10-14/h5-8,11,14-15,17H,3-4,9-10H2,1-2H3. The van der Waals surface area contributed by atoms with Crippen LogP contribution in [0.3, 0.4) is 0 Å². The summed E-state index contributed by atoms with van der Waals surface area (Å²) >= 11 is 5.93. The number of halogens is 1. The van der Waals surface area contributed by atoms with E-state index in [2.05, 4.69) is 31.3 Å². The molecule has 1 aromatic carbocycles. The number of hydrogen-bond donors (Lipinski definition) is 1. The van der Waals surface area contributed by atoms with Gasteiger partial charge in [-0.05, 0) is 49.3 Å². The van der Waals surface area contributed by atoms with Gasteiger partial charge in [0.15, 0.2) is 0 Å². The van der Waals surface area contributed by atoms with Crippen LogP contribution in [0.2, 0.25) is 5.02 Å². The maximum absolute atomic E-state index is 5.93. The SMILES string of the molecule is CCC(NC1CCC(C)C1)c1ccc(Cl)cc1. The van der Waals surface area contributed by atoms with Crippen molar-refractivity contribution >= 4 is 11.6 Å². The van der Waals surface area contributed by atoms with Gasteiger partial charge in [-0.15, -0.1) is 0 Å². The first-order valence-corrected chi connectivity index (χ1v) is 7.08. The zero-order valence-electron chi connectivity index (χ0n) is 10.7. The van der Waals surface area contributed by atoms with Crippen molar-refractivity contribution in [3.8, 4) is 0 Å². The molecule has 1 N–H and O–H groups in total. The number of rotatable bonds is 4. The summed E-state index contributed by atoms with van der Waals surface area (Å²) in [6.45, 7) is 4.59. The lowest BCUT2D eigenvalue weighted by atomic mass is 10.0. The van der Waals surface area contributed by atoms with Gasteiger partial charge in [-0.3, -0.25) is 0 Å². The molecular formula is C15H22ClN. The minimum atomic E-state index is 0.475. The van der Waals surface area contributed by atoms with E-state index in [9.17, 15) is 0 Å². The van der Waals surface area contributed by atoms with Crippen LogP contribution >= 0.6 is 11.6 Å². The van der Waals surface area contributed by atoms with Gasteiger partial charge in [0.25, 0.3) is 0 Å². The van der Waals surface area contributed by atoms with Gasteiger partial charge in [-0.2, -0.15) is 0 Å². The van der Waals surface area contributed by atoms with Gasteiger partial charge in [-0.1, -0.05) is 37.6 Å². The average molecular weight is 252 g/mol. The Balaban J connectivity index is 1.98. The molecule has 1 aliphatic carbocycles. The van der Waals surface area contributed by atoms with Crippen LogP contribution in [0.5, 0.6) is 0 Å². The van der Waals surface area contributed by atoms with Crippen molar-refractivity contribution in [2.75, 3.05) is 0 Å². The van der Waals surface area contributed by atoms with Gasteiger partial charge in [0.2, 0.25) is 0 Å². The van der Waals surface area contributed by atoms with Crippen molar-refractivity contribution in [3.05, 3.63) is 34.9 Å². The molecule has 1 aromatic rings. The molecule has 2 heteroatoms. The third-order valence-electron chi connectivity index (χ3n) is 3.81. The highest BCUT2D eigenvalue weighted by molar-refractivity contribution is 6.30. The van der Waals surface area contributed by atoms with Crippen LogP contribution in [-0.4, -0.2) is 6.04 Å². The Labute approximate surface area is 110 Å². The molecule has 0 spiro atoms. The van der Waals surface area contributed by atoms with Crippen molar-refractivity contribution in [1.82, 2.24) is 5.32 Å². The van der Waals surface area contributed by atoms with E-state index in [-0.39, 0.29) is 0 Å². The summed E-state index contributed by atoms with van der Waals surface area (Å²) in [5, 5.41) is 4.61. The van der Waals surface area contributed by atoms with Gasteiger partial charge in [0, 0.05) is 17.1 Å². The third-order valence-corrected chi connectivity index (χ3v) is 4.06. The Morgan fingerprint density at radius 3 is 2.53 bits per heavy atom. The molecule has 0 radical (unpaired) electrons. The molecule has 0 bridgehead atoms. The fourth-order valence-corrected chi connectivity index (χ4v) is 2.91. The molecule has 3 atom stereocenters. The summed E-state index contributed by atoms with van der Waals surface area (Å²) in [7, 11) is 0. The van der Waals surface area contributed by atoms with E-state index < -0.39 is 0 Å². The van der Waals surface area contributed by atoms with Crippen molar-refractivity contribution in [2.45, 2.75) is 51.6 Å². The molecule has 1 nitrogen and oxygen atoms in total. The predicted octanol–water partition coefficient (Wildman–Crippen LogP) is 4.57. The number of hydrogen-bond acceptors (Lipinski definition) is 1. The van der Waals surface area contributed by atoms with E-state index in [1.807, 2.05) is 12.1 Å². The van der Waals surface area contributed by atoms with Gasteiger partial charge in [0.05, 0.1) is 0 Å². The summed E-state index contributed by atoms with van der Waals surface area (Å²) in [5.41, 5.74) is 1.36. The quantitative estimate of drug-likeness (QED) is 0.827. The zero-order valence-corrected chi connectivity index (χ0v) is 11.5. The summed E-state index contributed by atoms with van der Waals surface area (Å²) in [6, 6.07) is 9.43. The Bertz CT molecular complexity index is 346. The molecule has 3 unspecified atom stereocenters. The average Bonchev–Trinajstić information content (AvgIpc) is 2.73. The van der Waals surface area contributed by atoms with Crippen LogP contribution in [0, 0.1) is 5.92 Å². The first-order valence-electron chi connectivity index (χ1n) is 6.70. The third kappa shape index (κ3) is 3.46. The van der Waals surface area contributed by atoms with Crippen LogP contribution in [0.25, 0.3) is 0 Å². The van der Waals surface area contributed by atoms with Gasteiger partial charge in [-0.25, -0.2) is 0 Å². The Morgan fingerprint density at radius 2 is 2.00 bits per heavy atom. The first kappa shape index (κ1) is 12.9. The normalized spacial score (nSPS) is 26.1. The molecule has 17 heavy (non-hydrogen) atoms. The molecular weight excluding hydrogens is 230 g/mol. The predicted molar refractivity (Wildman–Crippen MR) is 74.4 cm³/mol. The topological polar surface area (TPSA) is 12.0 Å². The van der Waals surface area contributed by atoms with Gasteiger partial charge < -0.3 is 5.32 Å². The van der Waals surface area contributed by atoms with Crippen LogP contribution < -0.4 is 5.32 Å². The Morgan fingerprint density at radius 1 is 1.29 bits per heavy atom. The minimum Gasteiger partial charge on any atom is -0.307 e. The summed E-state index contributed by atoms with van der Waals surface area (Å²) in [5.74, 6) is 0.884. The van der Waals surface area contributed by atoms with Crippen LogP contribution in [0.1, 0.15) is 51.1 Å². The van der Waals surface area contributed by atoms with Gasteiger partial charge in [0.1, 0.15) is 0 Å². The second-order valence-corrected chi connectivity index (χ2v) is 5.73. The number of nitrogens with one attached hydrogen (secondary N) is 1. The van der Waals surface area contributed by atoms with E-state index in [4.69, 9.17) is 11.6 Å². The lowest BCUT2D eigenvalue weighted by molar-refractivity contribution is 0.421. The van der Waals surface area contributed by atoms with Crippen LogP contribution in [0.15, 0.2) is 24.3 Å². The zero-order chi connectivity index (χ0) is 12.3. The molecule has 0 heterocycles. The van der Waals surface area contributed by atoms with Crippen LogP contribution in [-0.2, 0) is 0 Å². The molecule has 0 saturated heterocycles. The summed E-state index contributed by atoms with van der Waals surface area (Å²) in [6.07, 6.45) is 5.15. The fourth-order valence-electron chi connectivity index (χ4n) is 2.79. The van der Waals surface area contributed by atoms with Crippen molar-refractivity contribution < 1.29 is 0 Å². The van der Waals surface area contributed by atoms with Crippen LogP contribution in [0.4, 0.5) is 0 Å². The molecule has 0 aliphatic heterocycles.